The molecular weight excluding hydrogens is 324 g/mol. The third kappa shape index (κ3) is 3.71. The van der Waals surface area contributed by atoms with E-state index in [2.05, 4.69) is 9.62 Å². The van der Waals surface area contributed by atoms with E-state index in [4.69, 9.17) is 4.74 Å². The Labute approximate surface area is 143 Å². The first-order valence-electron chi connectivity index (χ1n) is 7.98. The normalized spacial score (nSPS) is 15.3. The lowest BCUT2D eigenvalue weighted by Crippen LogP contribution is -2.36. The Balaban J connectivity index is 1.78. The summed E-state index contributed by atoms with van der Waals surface area (Å²) in [6.07, 6.45) is 0. The summed E-state index contributed by atoms with van der Waals surface area (Å²) < 4.78 is 33.3. The summed E-state index contributed by atoms with van der Waals surface area (Å²) in [5.41, 5.74) is 3.29. The zero-order valence-electron chi connectivity index (χ0n) is 14.0. The molecule has 1 heterocycles. The van der Waals surface area contributed by atoms with Crippen LogP contribution in [0.3, 0.4) is 0 Å². The van der Waals surface area contributed by atoms with E-state index >= 15 is 0 Å². The van der Waals surface area contributed by atoms with Gasteiger partial charge in [-0.1, -0.05) is 12.1 Å². The molecule has 1 aliphatic heterocycles. The number of rotatable bonds is 4. The molecule has 1 aliphatic rings. The number of benzene rings is 2. The van der Waals surface area contributed by atoms with Gasteiger partial charge in [0.1, 0.15) is 0 Å². The Hall–Kier alpha value is -2.05. The van der Waals surface area contributed by atoms with Gasteiger partial charge in [0.15, 0.2) is 0 Å². The van der Waals surface area contributed by atoms with Crippen LogP contribution in [0.2, 0.25) is 0 Å². The van der Waals surface area contributed by atoms with E-state index in [1.807, 2.05) is 31.2 Å². The molecule has 0 aromatic heterocycles. The first kappa shape index (κ1) is 16.8. The minimum atomic E-state index is -3.59. The standard InChI is InChI=1S/C18H22N2O3S/c1-14-3-4-15(2)18(13-14)24(21,22)19-16-5-7-17(8-6-16)20-9-11-23-12-10-20/h3-8,13,19H,9-12H2,1-2H3. The zero-order chi connectivity index (χ0) is 17.2. The van der Waals surface area contributed by atoms with Crippen molar-refractivity contribution in [2.45, 2.75) is 18.7 Å². The van der Waals surface area contributed by atoms with Gasteiger partial charge in [-0.15, -0.1) is 0 Å². The SMILES string of the molecule is Cc1ccc(C)c(S(=O)(=O)Nc2ccc(N3CCOCC3)cc2)c1. The highest BCUT2D eigenvalue weighted by Gasteiger charge is 2.17. The van der Waals surface area contributed by atoms with Gasteiger partial charge in [-0.2, -0.15) is 0 Å². The van der Waals surface area contributed by atoms with Gasteiger partial charge < -0.3 is 9.64 Å². The van der Waals surface area contributed by atoms with E-state index in [-0.39, 0.29) is 0 Å². The smallest absolute Gasteiger partial charge is 0.262 e. The van der Waals surface area contributed by atoms with Gasteiger partial charge in [0.05, 0.1) is 18.1 Å². The molecule has 2 aromatic carbocycles. The van der Waals surface area contributed by atoms with Crippen molar-refractivity contribution in [2.24, 2.45) is 0 Å². The first-order valence-corrected chi connectivity index (χ1v) is 9.47. The summed E-state index contributed by atoms with van der Waals surface area (Å²) >= 11 is 0. The Kier molecular flexibility index (Phi) is 4.78. The highest BCUT2D eigenvalue weighted by Crippen LogP contribution is 2.23. The van der Waals surface area contributed by atoms with Crippen LogP contribution < -0.4 is 9.62 Å². The average molecular weight is 346 g/mol. The van der Waals surface area contributed by atoms with Gasteiger partial charge in [0, 0.05) is 24.5 Å². The molecule has 128 valence electrons. The van der Waals surface area contributed by atoms with Crippen LogP contribution in [0.1, 0.15) is 11.1 Å². The molecular formula is C18H22N2O3S. The number of nitrogens with one attached hydrogen (secondary N) is 1. The fourth-order valence-electron chi connectivity index (χ4n) is 2.77. The first-order chi connectivity index (χ1) is 11.5. The highest BCUT2D eigenvalue weighted by atomic mass is 32.2. The van der Waals surface area contributed by atoms with Crippen LogP contribution in [0, 0.1) is 13.8 Å². The summed E-state index contributed by atoms with van der Waals surface area (Å²) in [6.45, 7) is 6.84. The maximum atomic E-state index is 12.6. The van der Waals surface area contributed by atoms with Gasteiger partial charge >= 0.3 is 0 Å². The number of anilines is 2. The van der Waals surface area contributed by atoms with E-state index in [1.54, 1.807) is 25.1 Å². The predicted molar refractivity (Wildman–Crippen MR) is 96.2 cm³/mol. The van der Waals surface area contributed by atoms with E-state index in [0.29, 0.717) is 10.6 Å². The summed E-state index contributed by atoms with van der Waals surface area (Å²) in [6, 6.07) is 12.9. The Morgan fingerprint density at radius 3 is 2.33 bits per heavy atom. The third-order valence-corrected chi connectivity index (χ3v) is 5.65. The van der Waals surface area contributed by atoms with Crippen molar-refractivity contribution in [1.29, 1.82) is 0 Å². The molecule has 2 aromatic rings. The van der Waals surface area contributed by atoms with Crippen LogP contribution in [-0.4, -0.2) is 34.7 Å². The molecule has 6 heteroatoms. The summed E-state index contributed by atoms with van der Waals surface area (Å²) in [5.74, 6) is 0. The number of aryl methyl sites for hydroxylation is 2. The number of hydrogen-bond donors (Lipinski definition) is 1. The number of nitrogens with zero attached hydrogens (tertiary/aromatic N) is 1. The van der Waals surface area contributed by atoms with Gasteiger partial charge in [0.2, 0.25) is 0 Å². The third-order valence-electron chi connectivity index (χ3n) is 4.13. The maximum Gasteiger partial charge on any atom is 0.262 e. The van der Waals surface area contributed by atoms with E-state index in [9.17, 15) is 8.42 Å². The van der Waals surface area contributed by atoms with Gasteiger partial charge in [0.25, 0.3) is 10.0 Å². The molecule has 0 radical (unpaired) electrons. The second-order valence-corrected chi connectivity index (χ2v) is 7.67. The number of sulfonamides is 1. The molecule has 0 atom stereocenters. The molecule has 5 nitrogen and oxygen atoms in total. The molecule has 0 saturated carbocycles. The topological polar surface area (TPSA) is 58.6 Å². The van der Waals surface area contributed by atoms with Crippen molar-refractivity contribution >= 4 is 21.4 Å². The van der Waals surface area contributed by atoms with Gasteiger partial charge in [-0.3, -0.25) is 4.72 Å². The fraction of sp³-hybridized carbons (Fsp3) is 0.333. The van der Waals surface area contributed by atoms with Gasteiger partial charge in [-0.05, 0) is 55.3 Å². The van der Waals surface area contributed by atoms with Crippen LogP contribution in [0.5, 0.6) is 0 Å². The Morgan fingerprint density at radius 1 is 1.00 bits per heavy atom. The lowest BCUT2D eigenvalue weighted by atomic mass is 10.2. The highest BCUT2D eigenvalue weighted by molar-refractivity contribution is 7.92. The largest absolute Gasteiger partial charge is 0.378 e. The summed E-state index contributed by atoms with van der Waals surface area (Å²) in [4.78, 5) is 2.55. The van der Waals surface area contributed by atoms with Crippen LogP contribution in [0.15, 0.2) is 47.4 Å². The minimum absolute atomic E-state index is 0.319. The van der Waals surface area contributed by atoms with Crippen molar-refractivity contribution in [1.82, 2.24) is 0 Å². The number of morpholine rings is 1. The molecule has 0 unspecified atom stereocenters. The Morgan fingerprint density at radius 2 is 1.67 bits per heavy atom. The quantitative estimate of drug-likeness (QED) is 0.925. The second-order valence-electron chi connectivity index (χ2n) is 6.02. The van der Waals surface area contributed by atoms with Crippen molar-refractivity contribution in [2.75, 3.05) is 35.9 Å². The van der Waals surface area contributed by atoms with Crippen LogP contribution in [0.25, 0.3) is 0 Å². The van der Waals surface area contributed by atoms with E-state index in [1.165, 1.54) is 0 Å². The number of hydrogen-bond acceptors (Lipinski definition) is 4. The Bertz CT molecular complexity index is 811. The van der Waals surface area contributed by atoms with Gasteiger partial charge in [-0.25, -0.2) is 8.42 Å². The maximum absolute atomic E-state index is 12.6. The fourth-order valence-corrected chi connectivity index (χ4v) is 4.16. The predicted octanol–water partition coefficient (Wildman–Crippen LogP) is 2.94. The summed E-state index contributed by atoms with van der Waals surface area (Å²) in [7, 11) is -3.59. The van der Waals surface area contributed by atoms with E-state index < -0.39 is 10.0 Å². The monoisotopic (exact) mass is 346 g/mol. The lowest BCUT2D eigenvalue weighted by Gasteiger charge is -2.28. The molecule has 1 N–H and O–H groups in total. The minimum Gasteiger partial charge on any atom is -0.378 e. The van der Waals surface area contributed by atoms with Crippen molar-refractivity contribution in [3.05, 3.63) is 53.6 Å². The van der Waals surface area contributed by atoms with Crippen LogP contribution in [-0.2, 0) is 14.8 Å². The molecule has 1 saturated heterocycles. The van der Waals surface area contributed by atoms with Crippen molar-refractivity contribution in [3.8, 4) is 0 Å². The average Bonchev–Trinajstić information content (AvgIpc) is 2.58. The molecule has 0 bridgehead atoms. The van der Waals surface area contributed by atoms with Crippen molar-refractivity contribution < 1.29 is 13.2 Å². The number of ether oxygens (including phenoxy) is 1. The van der Waals surface area contributed by atoms with Crippen LogP contribution in [0.4, 0.5) is 11.4 Å². The van der Waals surface area contributed by atoms with E-state index in [0.717, 1.165) is 43.1 Å². The lowest BCUT2D eigenvalue weighted by molar-refractivity contribution is 0.122. The molecule has 0 aliphatic carbocycles. The summed E-state index contributed by atoms with van der Waals surface area (Å²) in [5, 5.41) is 0. The molecule has 3 rings (SSSR count). The second kappa shape index (κ2) is 6.83. The molecule has 0 amide bonds. The van der Waals surface area contributed by atoms with Crippen LogP contribution >= 0.6 is 0 Å². The zero-order valence-corrected chi connectivity index (χ0v) is 14.8. The molecule has 24 heavy (non-hydrogen) atoms. The molecule has 0 spiro atoms. The molecule has 1 fully saturated rings. The van der Waals surface area contributed by atoms with Crippen molar-refractivity contribution in [3.63, 3.8) is 0 Å².